The molecule has 19 heavy (non-hydrogen) atoms. The molecule has 0 aliphatic carbocycles. The van der Waals surface area contributed by atoms with Crippen LogP contribution in [0.1, 0.15) is 15.9 Å². The Labute approximate surface area is 119 Å². The molecular formula is C15H13BrFNO. The highest BCUT2D eigenvalue weighted by atomic mass is 79.9. The highest BCUT2D eigenvalue weighted by Gasteiger charge is 2.05. The topological polar surface area (TPSA) is 29.1 Å². The predicted octanol–water partition coefficient (Wildman–Crippen LogP) is 4.02. The van der Waals surface area contributed by atoms with Gasteiger partial charge in [-0.15, -0.1) is 0 Å². The first-order valence-corrected chi connectivity index (χ1v) is 7.03. The van der Waals surface area contributed by atoms with E-state index in [-0.39, 0.29) is 11.7 Å². The lowest BCUT2D eigenvalue weighted by Crippen LogP contribution is -2.11. The number of rotatable bonds is 4. The third-order valence-corrected chi connectivity index (χ3v) is 3.10. The third-order valence-electron chi connectivity index (χ3n) is 2.70. The highest BCUT2D eigenvalue weighted by Crippen LogP contribution is 2.12. The number of carbonyl (C=O) groups is 1. The first-order chi connectivity index (χ1) is 9.19. The minimum absolute atomic E-state index is 0.242. The first-order valence-electron chi connectivity index (χ1n) is 5.91. The van der Waals surface area contributed by atoms with Crippen molar-refractivity contribution in [3.8, 4) is 0 Å². The number of hydrogen-bond acceptors (Lipinski definition) is 1. The summed E-state index contributed by atoms with van der Waals surface area (Å²) in [5.41, 5.74) is 2.37. The van der Waals surface area contributed by atoms with Crippen LogP contribution in [0.15, 0.2) is 48.5 Å². The fourth-order valence-electron chi connectivity index (χ4n) is 1.67. The summed E-state index contributed by atoms with van der Waals surface area (Å²) in [5, 5.41) is 3.68. The zero-order chi connectivity index (χ0) is 13.7. The fraction of sp³-hybridized carbons (Fsp3) is 0.133. The van der Waals surface area contributed by atoms with E-state index in [0.717, 1.165) is 17.4 Å². The number of aryl methyl sites for hydroxylation is 1. The standard InChI is InChI=1S/C15H13BrFNO/c16-10-9-11-1-7-14(8-2-11)18-15(19)12-3-5-13(17)6-4-12/h1-8H,9-10H2,(H,18,19). The van der Waals surface area contributed by atoms with Crippen molar-refractivity contribution in [1.29, 1.82) is 0 Å². The van der Waals surface area contributed by atoms with Gasteiger partial charge in [-0.3, -0.25) is 4.79 Å². The van der Waals surface area contributed by atoms with E-state index in [4.69, 9.17) is 0 Å². The smallest absolute Gasteiger partial charge is 0.255 e. The Morgan fingerprint density at radius 3 is 2.26 bits per heavy atom. The lowest BCUT2D eigenvalue weighted by atomic mass is 10.1. The highest BCUT2D eigenvalue weighted by molar-refractivity contribution is 9.09. The number of halogens is 2. The van der Waals surface area contributed by atoms with Gasteiger partial charge < -0.3 is 5.32 Å². The van der Waals surface area contributed by atoms with Crippen molar-refractivity contribution in [3.05, 3.63) is 65.5 Å². The molecule has 2 aromatic carbocycles. The number of hydrogen-bond donors (Lipinski definition) is 1. The molecule has 0 atom stereocenters. The molecule has 98 valence electrons. The Hall–Kier alpha value is -1.68. The van der Waals surface area contributed by atoms with Crippen LogP contribution in [0.2, 0.25) is 0 Å². The normalized spacial score (nSPS) is 10.2. The van der Waals surface area contributed by atoms with Gasteiger partial charge in [-0.2, -0.15) is 0 Å². The van der Waals surface area contributed by atoms with Crippen LogP contribution in [0.25, 0.3) is 0 Å². The van der Waals surface area contributed by atoms with Crippen molar-refractivity contribution in [3.63, 3.8) is 0 Å². The van der Waals surface area contributed by atoms with Crippen molar-refractivity contribution in [2.45, 2.75) is 6.42 Å². The van der Waals surface area contributed by atoms with E-state index < -0.39 is 0 Å². The molecule has 0 saturated heterocycles. The lowest BCUT2D eigenvalue weighted by molar-refractivity contribution is 0.102. The van der Waals surface area contributed by atoms with Crippen LogP contribution in [-0.2, 0) is 6.42 Å². The van der Waals surface area contributed by atoms with Gasteiger partial charge in [0.05, 0.1) is 0 Å². The molecule has 0 aliphatic heterocycles. The Morgan fingerprint density at radius 2 is 1.68 bits per heavy atom. The minimum Gasteiger partial charge on any atom is -0.322 e. The average Bonchev–Trinajstić information content (AvgIpc) is 2.42. The maximum atomic E-state index is 12.8. The second-order valence-corrected chi connectivity index (χ2v) is 4.89. The summed E-state index contributed by atoms with van der Waals surface area (Å²) in [7, 11) is 0. The minimum atomic E-state index is -0.351. The molecule has 0 aliphatic rings. The van der Waals surface area contributed by atoms with E-state index in [1.54, 1.807) is 0 Å². The monoisotopic (exact) mass is 321 g/mol. The first kappa shape index (κ1) is 13.7. The van der Waals surface area contributed by atoms with E-state index in [0.29, 0.717) is 5.56 Å². The van der Waals surface area contributed by atoms with Crippen LogP contribution >= 0.6 is 15.9 Å². The van der Waals surface area contributed by atoms with E-state index in [1.807, 2.05) is 24.3 Å². The van der Waals surface area contributed by atoms with Crippen LogP contribution < -0.4 is 5.32 Å². The summed E-state index contributed by atoms with van der Waals surface area (Å²) in [4.78, 5) is 11.9. The summed E-state index contributed by atoms with van der Waals surface area (Å²) in [6.07, 6.45) is 0.951. The van der Waals surface area contributed by atoms with Crippen LogP contribution in [0.5, 0.6) is 0 Å². The number of carbonyl (C=O) groups excluding carboxylic acids is 1. The Morgan fingerprint density at radius 1 is 1.05 bits per heavy atom. The zero-order valence-electron chi connectivity index (χ0n) is 10.2. The van der Waals surface area contributed by atoms with E-state index in [9.17, 15) is 9.18 Å². The molecule has 0 spiro atoms. The van der Waals surface area contributed by atoms with Crippen molar-refractivity contribution < 1.29 is 9.18 Å². The molecule has 2 nitrogen and oxygen atoms in total. The van der Waals surface area contributed by atoms with Gasteiger partial charge in [0.25, 0.3) is 5.91 Å². The molecule has 2 rings (SSSR count). The van der Waals surface area contributed by atoms with Gasteiger partial charge in [0, 0.05) is 16.6 Å². The Bertz CT molecular complexity index is 551. The maximum Gasteiger partial charge on any atom is 0.255 e. The average molecular weight is 322 g/mol. The SMILES string of the molecule is O=C(Nc1ccc(CCBr)cc1)c1ccc(F)cc1. The van der Waals surface area contributed by atoms with Gasteiger partial charge >= 0.3 is 0 Å². The van der Waals surface area contributed by atoms with Gasteiger partial charge in [-0.1, -0.05) is 28.1 Å². The molecule has 0 unspecified atom stereocenters. The van der Waals surface area contributed by atoms with Crippen molar-refractivity contribution in [2.75, 3.05) is 10.6 Å². The van der Waals surface area contributed by atoms with Crippen LogP contribution in [0.3, 0.4) is 0 Å². The summed E-state index contributed by atoms with van der Waals surface area (Å²) >= 11 is 3.38. The molecule has 0 heterocycles. The molecule has 4 heteroatoms. The number of benzene rings is 2. The Kier molecular flexibility index (Phi) is 4.68. The lowest BCUT2D eigenvalue weighted by Gasteiger charge is -2.06. The van der Waals surface area contributed by atoms with Gasteiger partial charge in [-0.05, 0) is 48.4 Å². The fourth-order valence-corrected chi connectivity index (χ4v) is 2.13. The third kappa shape index (κ3) is 3.89. The van der Waals surface area contributed by atoms with E-state index >= 15 is 0 Å². The number of nitrogens with one attached hydrogen (secondary N) is 1. The number of amides is 1. The molecular weight excluding hydrogens is 309 g/mol. The molecule has 1 amide bonds. The van der Waals surface area contributed by atoms with Crippen LogP contribution in [-0.4, -0.2) is 11.2 Å². The Balaban J connectivity index is 2.04. The van der Waals surface area contributed by atoms with Gasteiger partial charge in [-0.25, -0.2) is 4.39 Å². The van der Waals surface area contributed by atoms with E-state index in [1.165, 1.54) is 29.8 Å². The molecule has 0 aromatic heterocycles. The van der Waals surface area contributed by atoms with Crippen LogP contribution in [0.4, 0.5) is 10.1 Å². The molecule has 0 saturated carbocycles. The summed E-state index contributed by atoms with van der Waals surface area (Å²) in [5.74, 6) is -0.594. The van der Waals surface area contributed by atoms with Gasteiger partial charge in [0.2, 0.25) is 0 Å². The summed E-state index contributed by atoms with van der Waals surface area (Å²) < 4.78 is 12.8. The van der Waals surface area contributed by atoms with Gasteiger partial charge in [0.15, 0.2) is 0 Å². The number of anilines is 1. The molecule has 0 radical (unpaired) electrons. The molecule has 2 aromatic rings. The van der Waals surface area contributed by atoms with Crippen molar-refractivity contribution in [1.82, 2.24) is 0 Å². The largest absolute Gasteiger partial charge is 0.322 e. The summed E-state index contributed by atoms with van der Waals surface area (Å²) in [6.45, 7) is 0. The maximum absolute atomic E-state index is 12.8. The van der Waals surface area contributed by atoms with Crippen molar-refractivity contribution >= 4 is 27.5 Å². The van der Waals surface area contributed by atoms with Crippen LogP contribution in [0, 0.1) is 5.82 Å². The molecule has 1 N–H and O–H groups in total. The quantitative estimate of drug-likeness (QED) is 0.847. The summed E-state index contributed by atoms with van der Waals surface area (Å²) in [6, 6.07) is 13.1. The van der Waals surface area contributed by atoms with Gasteiger partial charge in [0.1, 0.15) is 5.82 Å². The number of alkyl halides is 1. The second kappa shape index (κ2) is 6.48. The molecule has 0 fully saturated rings. The van der Waals surface area contributed by atoms with Crippen molar-refractivity contribution in [2.24, 2.45) is 0 Å². The van der Waals surface area contributed by atoms with E-state index in [2.05, 4.69) is 21.2 Å². The zero-order valence-corrected chi connectivity index (χ0v) is 11.8. The second-order valence-electron chi connectivity index (χ2n) is 4.10. The predicted molar refractivity (Wildman–Crippen MR) is 78.3 cm³/mol. The molecule has 0 bridgehead atoms.